The highest BCUT2D eigenvalue weighted by Gasteiger charge is 2.17. The number of hydrogen-bond acceptors (Lipinski definition) is 3. The lowest BCUT2D eigenvalue weighted by Crippen LogP contribution is -2.20. The lowest BCUT2D eigenvalue weighted by atomic mass is 9.96. The summed E-state index contributed by atoms with van der Waals surface area (Å²) in [5.74, 6) is 0.479. The molecular formula is C11H19NOS. The van der Waals surface area contributed by atoms with E-state index in [9.17, 15) is 0 Å². The van der Waals surface area contributed by atoms with Crippen LogP contribution in [-0.2, 0) is 4.74 Å². The Morgan fingerprint density at radius 3 is 2.79 bits per heavy atom. The summed E-state index contributed by atoms with van der Waals surface area (Å²) < 4.78 is 5.06. The van der Waals surface area contributed by atoms with E-state index in [4.69, 9.17) is 10.5 Å². The van der Waals surface area contributed by atoms with Gasteiger partial charge in [0.1, 0.15) is 0 Å². The van der Waals surface area contributed by atoms with Gasteiger partial charge in [-0.05, 0) is 36.3 Å². The van der Waals surface area contributed by atoms with Crippen molar-refractivity contribution >= 4 is 11.3 Å². The minimum atomic E-state index is 0.158. The van der Waals surface area contributed by atoms with Crippen molar-refractivity contribution in [3.63, 3.8) is 0 Å². The zero-order valence-corrected chi connectivity index (χ0v) is 9.93. The Hall–Kier alpha value is -0.380. The van der Waals surface area contributed by atoms with Crippen molar-refractivity contribution in [3.8, 4) is 0 Å². The molecule has 2 atom stereocenters. The molecule has 1 rings (SSSR count). The fraction of sp³-hybridized carbons (Fsp3) is 0.636. The number of rotatable bonds is 5. The number of nitrogens with two attached hydrogens (primary N) is 1. The molecule has 0 radical (unpaired) electrons. The molecular weight excluding hydrogens is 194 g/mol. The van der Waals surface area contributed by atoms with E-state index in [0.717, 1.165) is 13.0 Å². The molecule has 14 heavy (non-hydrogen) atoms. The van der Waals surface area contributed by atoms with Crippen molar-refractivity contribution in [3.05, 3.63) is 21.9 Å². The van der Waals surface area contributed by atoms with Crippen molar-refractivity contribution in [2.45, 2.75) is 26.3 Å². The third-order valence-corrected chi connectivity index (χ3v) is 3.72. The van der Waals surface area contributed by atoms with Crippen molar-refractivity contribution in [1.29, 1.82) is 0 Å². The number of thiophene rings is 1. The summed E-state index contributed by atoms with van der Waals surface area (Å²) in [5, 5.41) is 2.10. The number of hydrogen-bond donors (Lipinski definition) is 1. The van der Waals surface area contributed by atoms with Gasteiger partial charge in [0.2, 0.25) is 0 Å². The van der Waals surface area contributed by atoms with E-state index in [2.05, 4.69) is 25.3 Å². The largest absolute Gasteiger partial charge is 0.385 e. The van der Waals surface area contributed by atoms with Crippen LogP contribution in [0.1, 0.15) is 29.8 Å². The SMILES string of the molecule is COCCC(C)C(N)c1sccc1C. The summed E-state index contributed by atoms with van der Waals surface area (Å²) in [7, 11) is 1.73. The lowest BCUT2D eigenvalue weighted by Gasteiger charge is -2.19. The first-order valence-electron chi connectivity index (χ1n) is 4.95. The first-order chi connectivity index (χ1) is 6.66. The van der Waals surface area contributed by atoms with Crippen molar-refractivity contribution in [2.24, 2.45) is 11.7 Å². The van der Waals surface area contributed by atoms with Gasteiger partial charge in [-0.25, -0.2) is 0 Å². The molecule has 1 aromatic heterocycles. The van der Waals surface area contributed by atoms with E-state index < -0.39 is 0 Å². The molecule has 0 aromatic carbocycles. The van der Waals surface area contributed by atoms with Crippen molar-refractivity contribution in [2.75, 3.05) is 13.7 Å². The van der Waals surface area contributed by atoms with Gasteiger partial charge in [0, 0.05) is 24.6 Å². The van der Waals surface area contributed by atoms with Crippen LogP contribution in [0.4, 0.5) is 0 Å². The standard InChI is InChI=1S/C11H19NOS/c1-8(4-6-13-3)10(12)11-9(2)5-7-14-11/h5,7-8,10H,4,6,12H2,1-3H3. The Labute approximate surface area is 90.1 Å². The zero-order chi connectivity index (χ0) is 10.6. The maximum absolute atomic E-state index is 6.18. The number of ether oxygens (including phenoxy) is 1. The van der Waals surface area contributed by atoms with E-state index in [1.54, 1.807) is 18.4 Å². The molecule has 0 saturated heterocycles. The third-order valence-electron chi connectivity index (χ3n) is 2.59. The minimum Gasteiger partial charge on any atom is -0.385 e. The topological polar surface area (TPSA) is 35.2 Å². The third kappa shape index (κ3) is 2.80. The van der Waals surface area contributed by atoms with E-state index in [1.807, 2.05) is 0 Å². The van der Waals surface area contributed by atoms with Gasteiger partial charge < -0.3 is 10.5 Å². The molecule has 3 heteroatoms. The molecule has 1 heterocycles. The Kier molecular flexibility index (Phi) is 4.58. The highest BCUT2D eigenvalue weighted by molar-refractivity contribution is 7.10. The molecule has 0 fully saturated rings. The molecule has 1 aromatic rings. The average Bonchev–Trinajstić information content (AvgIpc) is 2.59. The van der Waals surface area contributed by atoms with Crippen LogP contribution in [0, 0.1) is 12.8 Å². The summed E-state index contributed by atoms with van der Waals surface area (Å²) in [6.07, 6.45) is 1.02. The first kappa shape index (κ1) is 11.7. The predicted molar refractivity (Wildman–Crippen MR) is 61.6 cm³/mol. The molecule has 2 N–H and O–H groups in total. The van der Waals surface area contributed by atoms with E-state index in [1.165, 1.54) is 10.4 Å². The van der Waals surface area contributed by atoms with Gasteiger partial charge in [0.25, 0.3) is 0 Å². The first-order valence-corrected chi connectivity index (χ1v) is 5.83. The van der Waals surface area contributed by atoms with Gasteiger partial charge in [0.15, 0.2) is 0 Å². The Bertz CT molecular complexity index is 272. The van der Waals surface area contributed by atoms with Gasteiger partial charge >= 0.3 is 0 Å². The Balaban J connectivity index is 2.56. The molecule has 2 nitrogen and oxygen atoms in total. The Morgan fingerprint density at radius 1 is 1.57 bits per heavy atom. The molecule has 0 bridgehead atoms. The molecule has 0 saturated carbocycles. The van der Waals surface area contributed by atoms with Gasteiger partial charge in [-0.1, -0.05) is 6.92 Å². The second kappa shape index (κ2) is 5.49. The second-order valence-corrected chi connectivity index (χ2v) is 4.70. The smallest absolute Gasteiger partial charge is 0.0465 e. The van der Waals surface area contributed by atoms with Crippen LogP contribution in [0.3, 0.4) is 0 Å². The molecule has 0 aliphatic rings. The van der Waals surface area contributed by atoms with Crippen LogP contribution < -0.4 is 5.73 Å². The highest BCUT2D eigenvalue weighted by atomic mass is 32.1. The zero-order valence-electron chi connectivity index (χ0n) is 9.12. The molecule has 2 unspecified atom stereocenters. The highest BCUT2D eigenvalue weighted by Crippen LogP contribution is 2.28. The van der Waals surface area contributed by atoms with Crippen LogP contribution in [0.2, 0.25) is 0 Å². The maximum Gasteiger partial charge on any atom is 0.0465 e. The van der Waals surface area contributed by atoms with Crippen LogP contribution in [0.5, 0.6) is 0 Å². The normalized spacial score (nSPS) is 15.4. The quantitative estimate of drug-likeness (QED) is 0.816. The molecule has 0 spiro atoms. The summed E-state index contributed by atoms with van der Waals surface area (Å²) in [6.45, 7) is 5.09. The average molecular weight is 213 g/mol. The Morgan fingerprint density at radius 2 is 2.29 bits per heavy atom. The maximum atomic E-state index is 6.18. The van der Waals surface area contributed by atoms with Gasteiger partial charge in [-0.2, -0.15) is 0 Å². The molecule has 0 aliphatic heterocycles. The number of methoxy groups -OCH3 is 1. The van der Waals surface area contributed by atoms with E-state index >= 15 is 0 Å². The van der Waals surface area contributed by atoms with Crippen molar-refractivity contribution in [1.82, 2.24) is 0 Å². The van der Waals surface area contributed by atoms with Crippen LogP contribution in [-0.4, -0.2) is 13.7 Å². The summed E-state index contributed by atoms with van der Waals surface area (Å²) in [4.78, 5) is 1.31. The molecule has 0 aliphatic carbocycles. The second-order valence-electron chi connectivity index (χ2n) is 3.75. The van der Waals surface area contributed by atoms with E-state index in [0.29, 0.717) is 5.92 Å². The fourth-order valence-corrected chi connectivity index (χ4v) is 2.53. The van der Waals surface area contributed by atoms with Crippen LogP contribution in [0.25, 0.3) is 0 Å². The molecule has 0 amide bonds. The monoisotopic (exact) mass is 213 g/mol. The van der Waals surface area contributed by atoms with Gasteiger partial charge in [-0.3, -0.25) is 0 Å². The minimum absolute atomic E-state index is 0.158. The fourth-order valence-electron chi connectivity index (χ4n) is 1.47. The predicted octanol–water partition coefficient (Wildman–Crippen LogP) is 2.73. The van der Waals surface area contributed by atoms with Crippen molar-refractivity contribution < 1.29 is 4.74 Å². The van der Waals surface area contributed by atoms with Gasteiger partial charge in [-0.15, -0.1) is 11.3 Å². The van der Waals surface area contributed by atoms with E-state index in [-0.39, 0.29) is 6.04 Å². The van der Waals surface area contributed by atoms with Gasteiger partial charge in [0.05, 0.1) is 0 Å². The summed E-state index contributed by atoms with van der Waals surface area (Å²) >= 11 is 1.75. The summed E-state index contributed by atoms with van der Waals surface area (Å²) in [6, 6.07) is 2.29. The lowest BCUT2D eigenvalue weighted by molar-refractivity contribution is 0.175. The van der Waals surface area contributed by atoms with Crippen LogP contribution >= 0.6 is 11.3 Å². The summed E-state index contributed by atoms with van der Waals surface area (Å²) in [5.41, 5.74) is 7.49. The number of aryl methyl sites for hydroxylation is 1. The van der Waals surface area contributed by atoms with Crippen LogP contribution in [0.15, 0.2) is 11.4 Å². The molecule has 80 valence electrons.